The van der Waals surface area contributed by atoms with Crippen LogP contribution in [0.15, 0.2) is 60.8 Å². The van der Waals surface area contributed by atoms with Crippen molar-refractivity contribution in [1.29, 1.82) is 0 Å². The Labute approximate surface area is 153 Å². The Kier molecular flexibility index (Phi) is 5.86. The van der Waals surface area contributed by atoms with Crippen molar-refractivity contribution in [2.75, 3.05) is 17.2 Å². The SMILES string of the molecule is Cc1cc(Cl)ccc1Nc1ccnc(NCCCc2ccccc2)n1. The van der Waals surface area contributed by atoms with Crippen LogP contribution in [0.1, 0.15) is 17.5 Å². The van der Waals surface area contributed by atoms with Crippen LogP contribution in [0.3, 0.4) is 0 Å². The molecule has 2 aromatic carbocycles. The minimum absolute atomic E-state index is 0.629. The van der Waals surface area contributed by atoms with Gasteiger partial charge in [-0.25, -0.2) is 4.98 Å². The fourth-order valence-electron chi connectivity index (χ4n) is 2.56. The van der Waals surface area contributed by atoms with Gasteiger partial charge in [-0.3, -0.25) is 0 Å². The molecule has 0 aliphatic heterocycles. The van der Waals surface area contributed by atoms with Gasteiger partial charge in [0.05, 0.1) is 0 Å². The molecule has 2 N–H and O–H groups in total. The van der Waals surface area contributed by atoms with Crippen LogP contribution in [-0.2, 0) is 6.42 Å². The highest BCUT2D eigenvalue weighted by Crippen LogP contribution is 2.22. The lowest BCUT2D eigenvalue weighted by Crippen LogP contribution is -2.07. The van der Waals surface area contributed by atoms with Gasteiger partial charge in [0.25, 0.3) is 0 Å². The first kappa shape index (κ1) is 17.2. The van der Waals surface area contributed by atoms with Crippen molar-refractivity contribution in [3.05, 3.63) is 76.9 Å². The van der Waals surface area contributed by atoms with Gasteiger partial charge in [0.1, 0.15) is 5.82 Å². The Morgan fingerprint density at radius 1 is 1.04 bits per heavy atom. The van der Waals surface area contributed by atoms with Crippen molar-refractivity contribution >= 4 is 29.1 Å². The maximum Gasteiger partial charge on any atom is 0.224 e. The molecule has 0 spiro atoms. The summed E-state index contributed by atoms with van der Waals surface area (Å²) in [6, 6.07) is 18.1. The van der Waals surface area contributed by atoms with Gasteiger partial charge < -0.3 is 10.6 Å². The summed E-state index contributed by atoms with van der Waals surface area (Å²) in [6.45, 7) is 2.84. The van der Waals surface area contributed by atoms with E-state index in [-0.39, 0.29) is 0 Å². The molecular formula is C20H21ClN4. The average Bonchev–Trinajstić information content (AvgIpc) is 2.62. The van der Waals surface area contributed by atoms with Gasteiger partial charge in [-0.15, -0.1) is 0 Å². The first-order valence-corrected chi connectivity index (χ1v) is 8.72. The average molecular weight is 353 g/mol. The number of halogens is 1. The van der Waals surface area contributed by atoms with Gasteiger partial charge in [-0.2, -0.15) is 4.98 Å². The molecule has 0 aliphatic carbocycles. The number of anilines is 3. The van der Waals surface area contributed by atoms with E-state index < -0.39 is 0 Å². The maximum absolute atomic E-state index is 6.00. The summed E-state index contributed by atoms with van der Waals surface area (Å²) < 4.78 is 0. The molecule has 0 aliphatic rings. The van der Waals surface area contributed by atoms with Gasteiger partial charge in [-0.1, -0.05) is 41.9 Å². The molecule has 128 valence electrons. The predicted octanol–water partition coefficient (Wildman–Crippen LogP) is 5.23. The van der Waals surface area contributed by atoms with Crippen molar-refractivity contribution in [3.8, 4) is 0 Å². The first-order chi connectivity index (χ1) is 12.2. The highest BCUT2D eigenvalue weighted by molar-refractivity contribution is 6.30. The normalized spacial score (nSPS) is 10.5. The molecule has 5 heteroatoms. The molecule has 0 amide bonds. The summed E-state index contributed by atoms with van der Waals surface area (Å²) in [5.74, 6) is 1.38. The summed E-state index contributed by atoms with van der Waals surface area (Å²) in [6.07, 6.45) is 3.82. The van der Waals surface area contributed by atoms with E-state index in [2.05, 4.69) is 44.9 Å². The van der Waals surface area contributed by atoms with Crippen LogP contribution in [0.25, 0.3) is 0 Å². The minimum atomic E-state index is 0.629. The fourth-order valence-corrected chi connectivity index (χ4v) is 2.78. The predicted molar refractivity (Wildman–Crippen MR) is 105 cm³/mol. The second-order valence-electron chi connectivity index (χ2n) is 5.87. The number of hydrogen-bond acceptors (Lipinski definition) is 4. The lowest BCUT2D eigenvalue weighted by atomic mass is 10.1. The molecule has 1 heterocycles. The molecule has 4 nitrogen and oxygen atoms in total. The van der Waals surface area contributed by atoms with E-state index in [4.69, 9.17) is 11.6 Å². The Balaban J connectivity index is 1.54. The molecule has 0 saturated heterocycles. The van der Waals surface area contributed by atoms with Crippen molar-refractivity contribution in [1.82, 2.24) is 9.97 Å². The smallest absolute Gasteiger partial charge is 0.224 e. The van der Waals surface area contributed by atoms with Crippen molar-refractivity contribution < 1.29 is 0 Å². The zero-order valence-electron chi connectivity index (χ0n) is 14.2. The van der Waals surface area contributed by atoms with Crippen LogP contribution in [0.5, 0.6) is 0 Å². The third-order valence-electron chi connectivity index (χ3n) is 3.87. The van der Waals surface area contributed by atoms with Crippen LogP contribution < -0.4 is 10.6 Å². The van der Waals surface area contributed by atoms with Crippen LogP contribution in [0, 0.1) is 6.92 Å². The Bertz CT molecular complexity index is 821. The number of benzene rings is 2. The van der Waals surface area contributed by atoms with Gasteiger partial charge in [0, 0.05) is 23.5 Å². The van der Waals surface area contributed by atoms with E-state index >= 15 is 0 Å². The standard InChI is InChI=1S/C20H21ClN4/c1-15-14-17(21)9-10-18(15)24-19-11-13-23-20(25-19)22-12-5-8-16-6-3-2-4-7-16/h2-4,6-7,9-11,13-14H,5,8,12H2,1H3,(H2,22,23,24,25). The molecule has 3 aromatic rings. The van der Waals surface area contributed by atoms with Crippen LogP contribution in [-0.4, -0.2) is 16.5 Å². The molecule has 25 heavy (non-hydrogen) atoms. The van der Waals surface area contributed by atoms with E-state index in [1.165, 1.54) is 5.56 Å². The summed E-state index contributed by atoms with van der Waals surface area (Å²) in [5.41, 5.74) is 3.40. The van der Waals surface area contributed by atoms with E-state index in [9.17, 15) is 0 Å². The Morgan fingerprint density at radius 3 is 2.68 bits per heavy atom. The van der Waals surface area contributed by atoms with E-state index in [0.29, 0.717) is 5.95 Å². The summed E-state index contributed by atoms with van der Waals surface area (Å²) in [4.78, 5) is 8.79. The molecule has 0 saturated carbocycles. The number of aromatic nitrogens is 2. The quantitative estimate of drug-likeness (QED) is 0.572. The largest absolute Gasteiger partial charge is 0.354 e. The van der Waals surface area contributed by atoms with E-state index in [1.807, 2.05) is 37.3 Å². The molecule has 0 atom stereocenters. The molecular weight excluding hydrogens is 332 g/mol. The summed E-state index contributed by atoms with van der Waals surface area (Å²) >= 11 is 6.00. The van der Waals surface area contributed by atoms with Crippen molar-refractivity contribution in [2.24, 2.45) is 0 Å². The monoisotopic (exact) mass is 352 g/mol. The zero-order valence-corrected chi connectivity index (χ0v) is 14.9. The third-order valence-corrected chi connectivity index (χ3v) is 4.11. The lowest BCUT2D eigenvalue weighted by Gasteiger charge is -2.10. The first-order valence-electron chi connectivity index (χ1n) is 8.35. The van der Waals surface area contributed by atoms with E-state index in [0.717, 1.165) is 41.5 Å². The third kappa shape index (κ3) is 5.19. The van der Waals surface area contributed by atoms with Crippen LogP contribution in [0.2, 0.25) is 5.02 Å². The van der Waals surface area contributed by atoms with Gasteiger partial charge in [0.15, 0.2) is 0 Å². The Morgan fingerprint density at radius 2 is 1.88 bits per heavy atom. The fraction of sp³-hybridized carbons (Fsp3) is 0.200. The van der Waals surface area contributed by atoms with Crippen LogP contribution >= 0.6 is 11.6 Å². The highest BCUT2D eigenvalue weighted by atomic mass is 35.5. The number of nitrogens with zero attached hydrogens (tertiary/aromatic N) is 2. The number of nitrogens with one attached hydrogen (secondary N) is 2. The van der Waals surface area contributed by atoms with E-state index in [1.54, 1.807) is 6.20 Å². The van der Waals surface area contributed by atoms with Gasteiger partial charge in [-0.05, 0) is 55.2 Å². The molecule has 3 rings (SSSR count). The van der Waals surface area contributed by atoms with Gasteiger partial charge in [0.2, 0.25) is 5.95 Å². The number of aryl methyl sites for hydroxylation is 2. The highest BCUT2D eigenvalue weighted by Gasteiger charge is 2.03. The molecule has 0 radical (unpaired) electrons. The van der Waals surface area contributed by atoms with Gasteiger partial charge >= 0.3 is 0 Å². The second kappa shape index (κ2) is 8.49. The topological polar surface area (TPSA) is 49.8 Å². The molecule has 0 bridgehead atoms. The Hall–Kier alpha value is -2.59. The van der Waals surface area contributed by atoms with Crippen molar-refractivity contribution in [2.45, 2.75) is 19.8 Å². The van der Waals surface area contributed by atoms with Crippen LogP contribution in [0.4, 0.5) is 17.5 Å². The summed E-state index contributed by atoms with van der Waals surface area (Å²) in [7, 11) is 0. The number of hydrogen-bond donors (Lipinski definition) is 2. The van der Waals surface area contributed by atoms with Crippen molar-refractivity contribution in [3.63, 3.8) is 0 Å². The second-order valence-corrected chi connectivity index (χ2v) is 6.30. The summed E-state index contributed by atoms with van der Waals surface area (Å²) in [5, 5.41) is 7.32. The molecule has 1 aromatic heterocycles. The zero-order chi connectivity index (χ0) is 17.5. The minimum Gasteiger partial charge on any atom is -0.354 e. The molecule has 0 fully saturated rings. The maximum atomic E-state index is 6.00. The number of rotatable bonds is 7. The lowest BCUT2D eigenvalue weighted by molar-refractivity contribution is 0.853. The molecule has 0 unspecified atom stereocenters.